The van der Waals surface area contributed by atoms with Crippen LogP contribution in [0.5, 0.6) is 0 Å². The molecule has 2 aromatic rings. The van der Waals surface area contributed by atoms with Gasteiger partial charge in [0.25, 0.3) is 0 Å². The highest BCUT2D eigenvalue weighted by atomic mass is 32.1. The molecule has 0 bridgehead atoms. The van der Waals surface area contributed by atoms with Crippen molar-refractivity contribution in [3.05, 3.63) is 45.3 Å². The van der Waals surface area contributed by atoms with Gasteiger partial charge in [-0.1, -0.05) is 17.7 Å². The van der Waals surface area contributed by atoms with E-state index in [2.05, 4.69) is 43.2 Å². The highest BCUT2D eigenvalue weighted by Gasteiger charge is 2.04. The number of hydrogen-bond donors (Lipinski definition) is 1. The Kier molecular flexibility index (Phi) is 3.25. The number of anilines is 1. The van der Waals surface area contributed by atoms with Crippen LogP contribution in [0.1, 0.15) is 22.3 Å². The normalized spacial score (nSPS) is 10.4. The second kappa shape index (κ2) is 4.66. The standard InChI is InChI=1S/C13H16N2S/c1-9-4-10(2)12(11(3)5-9)6-14-13-7-16-8-15-13/h4-5,7-8,14H,6H2,1-3H3. The molecule has 2 nitrogen and oxygen atoms in total. The largest absolute Gasteiger partial charge is 0.365 e. The minimum absolute atomic E-state index is 0.849. The Morgan fingerprint density at radius 3 is 2.44 bits per heavy atom. The maximum Gasteiger partial charge on any atom is 0.137 e. The van der Waals surface area contributed by atoms with Crippen molar-refractivity contribution in [2.24, 2.45) is 0 Å². The molecule has 1 N–H and O–H groups in total. The summed E-state index contributed by atoms with van der Waals surface area (Å²) >= 11 is 1.61. The van der Waals surface area contributed by atoms with Crippen LogP contribution in [0.25, 0.3) is 0 Å². The van der Waals surface area contributed by atoms with Crippen LogP contribution >= 0.6 is 11.3 Å². The third-order valence-electron chi connectivity index (χ3n) is 2.72. The number of nitrogens with one attached hydrogen (secondary N) is 1. The first-order chi connectivity index (χ1) is 7.66. The Morgan fingerprint density at radius 1 is 1.19 bits per heavy atom. The molecular formula is C13H16N2S. The third-order valence-corrected chi connectivity index (χ3v) is 3.31. The SMILES string of the molecule is Cc1cc(C)c(CNc2cscn2)c(C)c1. The molecule has 1 heterocycles. The summed E-state index contributed by atoms with van der Waals surface area (Å²) in [6.07, 6.45) is 0. The van der Waals surface area contributed by atoms with Crippen LogP contribution < -0.4 is 5.32 Å². The highest BCUT2D eigenvalue weighted by molar-refractivity contribution is 7.07. The lowest BCUT2D eigenvalue weighted by molar-refractivity contribution is 1.07. The van der Waals surface area contributed by atoms with Gasteiger partial charge in [-0.25, -0.2) is 4.98 Å². The van der Waals surface area contributed by atoms with Crippen LogP contribution in [-0.4, -0.2) is 4.98 Å². The number of hydrogen-bond acceptors (Lipinski definition) is 3. The zero-order valence-corrected chi connectivity index (χ0v) is 10.7. The highest BCUT2D eigenvalue weighted by Crippen LogP contribution is 2.18. The van der Waals surface area contributed by atoms with Crippen molar-refractivity contribution < 1.29 is 0 Å². The van der Waals surface area contributed by atoms with Gasteiger partial charge in [-0.15, -0.1) is 11.3 Å². The molecule has 0 amide bonds. The fraction of sp³-hybridized carbons (Fsp3) is 0.308. The zero-order chi connectivity index (χ0) is 11.5. The van der Waals surface area contributed by atoms with Crippen LogP contribution in [0.2, 0.25) is 0 Å². The van der Waals surface area contributed by atoms with Crippen molar-refractivity contribution in [3.63, 3.8) is 0 Å². The van der Waals surface area contributed by atoms with Crippen molar-refractivity contribution in [1.82, 2.24) is 4.98 Å². The van der Waals surface area contributed by atoms with Crippen molar-refractivity contribution >= 4 is 17.2 Å². The van der Waals surface area contributed by atoms with Gasteiger partial charge in [0.2, 0.25) is 0 Å². The molecule has 0 saturated carbocycles. The molecule has 3 heteroatoms. The molecule has 1 aromatic heterocycles. The minimum atomic E-state index is 0.849. The molecular weight excluding hydrogens is 216 g/mol. The van der Waals surface area contributed by atoms with Gasteiger partial charge in [0.05, 0.1) is 5.51 Å². The Hall–Kier alpha value is -1.35. The van der Waals surface area contributed by atoms with Gasteiger partial charge in [-0.2, -0.15) is 0 Å². The van der Waals surface area contributed by atoms with E-state index in [4.69, 9.17) is 0 Å². The minimum Gasteiger partial charge on any atom is -0.365 e. The summed E-state index contributed by atoms with van der Waals surface area (Å²) in [5.41, 5.74) is 7.24. The van der Waals surface area contributed by atoms with E-state index in [1.807, 2.05) is 10.9 Å². The zero-order valence-electron chi connectivity index (χ0n) is 9.87. The van der Waals surface area contributed by atoms with E-state index >= 15 is 0 Å². The molecule has 0 aliphatic carbocycles. The maximum atomic E-state index is 4.22. The van der Waals surface area contributed by atoms with E-state index < -0.39 is 0 Å². The number of thiazole rings is 1. The quantitative estimate of drug-likeness (QED) is 0.873. The topological polar surface area (TPSA) is 24.9 Å². The summed E-state index contributed by atoms with van der Waals surface area (Å²) in [5.74, 6) is 0.962. The van der Waals surface area contributed by atoms with Gasteiger partial charge >= 0.3 is 0 Å². The summed E-state index contributed by atoms with van der Waals surface area (Å²) in [6.45, 7) is 7.31. The molecule has 0 unspecified atom stereocenters. The molecule has 0 radical (unpaired) electrons. The van der Waals surface area contributed by atoms with Crippen molar-refractivity contribution in [3.8, 4) is 0 Å². The summed E-state index contributed by atoms with van der Waals surface area (Å²) in [5, 5.41) is 5.37. The molecule has 2 rings (SSSR count). The lowest BCUT2D eigenvalue weighted by atomic mass is 10.00. The van der Waals surface area contributed by atoms with Gasteiger partial charge in [-0.05, 0) is 37.5 Å². The van der Waals surface area contributed by atoms with Crippen LogP contribution in [0.3, 0.4) is 0 Å². The Labute approximate surface area is 100 Å². The number of benzene rings is 1. The number of nitrogens with zero attached hydrogens (tertiary/aromatic N) is 1. The fourth-order valence-corrected chi connectivity index (χ4v) is 2.48. The molecule has 1 aromatic carbocycles. The molecule has 84 valence electrons. The molecule has 16 heavy (non-hydrogen) atoms. The monoisotopic (exact) mass is 232 g/mol. The average Bonchev–Trinajstić information content (AvgIpc) is 2.68. The van der Waals surface area contributed by atoms with Gasteiger partial charge in [0.15, 0.2) is 0 Å². The lowest BCUT2D eigenvalue weighted by Crippen LogP contribution is -2.04. The Balaban J connectivity index is 2.15. The van der Waals surface area contributed by atoms with E-state index in [9.17, 15) is 0 Å². The summed E-state index contributed by atoms with van der Waals surface area (Å²) < 4.78 is 0. The van der Waals surface area contributed by atoms with Crippen molar-refractivity contribution in [2.75, 3.05) is 5.32 Å². The summed E-state index contributed by atoms with van der Waals surface area (Å²) in [6, 6.07) is 4.45. The third kappa shape index (κ3) is 2.42. The predicted octanol–water partition coefficient (Wildman–Crippen LogP) is 3.68. The maximum absolute atomic E-state index is 4.22. The van der Waals surface area contributed by atoms with Gasteiger partial charge < -0.3 is 5.32 Å². The molecule has 0 atom stereocenters. The number of aryl methyl sites for hydroxylation is 3. The summed E-state index contributed by atoms with van der Waals surface area (Å²) in [4.78, 5) is 4.22. The van der Waals surface area contributed by atoms with Gasteiger partial charge in [0.1, 0.15) is 5.82 Å². The van der Waals surface area contributed by atoms with Crippen molar-refractivity contribution in [1.29, 1.82) is 0 Å². The van der Waals surface area contributed by atoms with E-state index in [0.717, 1.165) is 12.4 Å². The Bertz CT molecular complexity index is 452. The number of rotatable bonds is 3. The van der Waals surface area contributed by atoms with E-state index in [1.165, 1.54) is 22.3 Å². The Morgan fingerprint density at radius 2 is 1.88 bits per heavy atom. The molecule has 0 aliphatic rings. The lowest BCUT2D eigenvalue weighted by Gasteiger charge is -2.11. The molecule has 0 aliphatic heterocycles. The second-order valence-corrected chi connectivity index (χ2v) is 4.82. The first kappa shape index (κ1) is 11.1. The van der Waals surface area contributed by atoms with Gasteiger partial charge in [-0.3, -0.25) is 0 Å². The second-order valence-electron chi connectivity index (χ2n) is 4.10. The van der Waals surface area contributed by atoms with Crippen LogP contribution in [-0.2, 0) is 6.54 Å². The van der Waals surface area contributed by atoms with E-state index in [0.29, 0.717) is 0 Å². The molecule has 0 spiro atoms. The van der Waals surface area contributed by atoms with E-state index in [-0.39, 0.29) is 0 Å². The fourth-order valence-electron chi connectivity index (χ4n) is 1.97. The first-order valence-corrected chi connectivity index (χ1v) is 6.30. The number of aromatic nitrogens is 1. The van der Waals surface area contributed by atoms with Crippen LogP contribution in [0.4, 0.5) is 5.82 Å². The first-order valence-electron chi connectivity index (χ1n) is 5.35. The van der Waals surface area contributed by atoms with Crippen LogP contribution in [0.15, 0.2) is 23.0 Å². The predicted molar refractivity (Wildman–Crippen MR) is 70.1 cm³/mol. The van der Waals surface area contributed by atoms with E-state index in [1.54, 1.807) is 11.3 Å². The molecule has 0 saturated heterocycles. The van der Waals surface area contributed by atoms with Crippen molar-refractivity contribution in [2.45, 2.75) is 27.3 Å². The summed E-state index contributed by atoms with van der Waals surface area (Å²) in [7, 11) is 0. The van der Waals surface area contributed by atoms with Crippen LogP contribution in [0, 0.1) is 20.8 Å². The molecule has 0 fully saturated rings. The smallest absolute Gasteiger partial charge is 0.137 e. The average molecular weight is 232 g/mol. The van der Waals surface area contributed by atoms with Gasteiger partial charge in [0, 0.05) is 11.9 Å².